The van der Waals surface area contributed by atoms with Gasteiger partial charge in [0.2, 0.25) is 0 Å². The number of nitrogens with zero attached hydrogens (tertiary/aromatic N) is 2. The summed E-state index contributed by atoms with van der Waals surface area (Å²) in [4.78, 5) is 14.9. The van der Waals surface area contributed by atoms with Crippen molar-refractivity contribution in [2.75, 3.05) is 19.6 Å². The first-order valence-electron chi connectivity index (χ1n) is 10.9. The summed E-state index contributed by atoms with van der Waals surface area (Å²) >= 11 is 0. The number of Topliss-reactive ketones (excluding diaryl/α,β-unsaturated/α-hetero) is 1. The van der Waals surface area contributed by atoms with Crippen LogP contribution in [0.15, 0.2) is 0 Å². The van der Waals surface area contributed by atoms with E-state index in [4.69, 9.17) is 5.21 Å². The summed E-state index contributed by atoms with van der Waals surface area (Å²) in [6.45, 7) is 5.12. The number of carbonyl (C=O) groups excluding carboxylic acids is 1. The van der Waals surface area contributed by atoms with Crippen LogP contribution in [-0.2, 0) is 4.79 Å². The van der Waals surface area contributed by atoms with E-state index in [9.17, 15) is 10.0 Å². The predicted octanol–water partition coefficient (Wildman–Crippen LogP) is 4.23. The van der Waals surface area contributed by atoms with Crippen molar-refractivity contribution < 1.29 is 10.0 Å². The molecule has 26 heavy (non-hydrogen) atoms. The second-order valence-corrected chi connectivity index (χ2v) is 9.36. The minimum atomic E-state index is -0.179. The van der Waals surface area contributed by atoms with Gasteiger partial charge in [0.15, 0.2) is 0 Å². The number of likely N-dealkylation sites (tertiary alicyclic amines) is 1. The molecular formula is C21H37N2O3-. The lowest BCUT2D eigenvalue weighted by Crippen LogP contribution is -2.40. The highest BCUT2D eigenvalue weighted by Crippen LogP contribution is 2.34. The van der Waals surface area contributed by atoms with Gasteiger partial charge in [-0.3, -0.25) is 14.9 Å². The Morgan fingerprint density at radius 2 is 1.54 bits per heavy atom. The van der Waals surface area contributed by atoms with Crippen LogP contribution in [0.1, 0.15) is 77.6 Å². The highest BCUT2D eigenvalue weighted by atomic mass is 16.8. The molecule has 2 aliphatic carbocycles. The predicted molar refractivity (Wildman–Crippen MR) is 103 cm³/mol. The van der Waals surface area contributed by atoms with Gasteiger partial charge in [0.25, 0.3) is 0 Å². The zero-order valence-corrected chi connectivity index (χ0v) is 16.4. The molecule has 0 aromatic carbocycles. The second-order valence-electron chi connectivity index (χ2n) is 9.36. The topological polar surface area (TPSA) is 66.8 Å². The largest absolute Gasteiger partial charge is 0.762 e. The molecule has 0 aromatic heterocycles. The lowest BCUT2D eigenvalue weighted by atomic mass is 9.78. The van der Waals surface area contributed by atoms with E-state index >= 15 is 0 Å². The maximum atomic E-state index is 12.6. The lowest BCUT2D eigenvalue weighted by molar-refractivity contribution is -0.125. The number of carbonyl (C=O) groups is 1. The molecule has 1 saturated heterocycles. The molecule has 3 aliphatic rings. The molecule has 3 fully saturated rings. The third-order valence-corrected chi connectivity index (χ3v) is 7.35. The van der Waals surface area contributed by atoms with Gasteiger partial charge in [-0.2, -0.15) is 0 Å². The number of hydrogen-bond donors (Lipinski definition) is 1. The highest BCUT2D eigenvalue weighted by Gasteiger charge is 2.29. The number of hydrogen-bond acceptors (Lipinski definition) is 5. The van der Waals surface area contributed by atoms with Crippen LogP contribution in [0.25, 0.3) is 0 Å². The number of ketones is 1. The van der Waals surface area contributed by atoms with Crippen LogP contribution >= 0.6 is 0 Å². The van der Waals surface area contributed by atoms with Crippen molar-refractivity contribution in [2.24, 2.45) is 23.7 Å². The van der Waals surface area contributed by atoms with Gasteiger partial charge in [-0.25, -0.2) is 0 Å². The summed E-state index contributed by atoms with van der Waals surface area (Å²) in [7, 11) is 0. The van der Waals surface area contributed by atoms with Crippen LogP contribution in [0.4, 0.5) is 0 Å². The van der Waals surface area contributed by atoms with Crippen molar-refractivity contribution in [3.8, 4) is 0 Å². The van der Waals surface area contributed by atoms with Gasteiger partial charge >= 0.3 is 0 Å². The number of piperidine rings is 1. The maximum absolute atomic E-state index is 12.6. The van der Waals surface area contributed by atoms with Gasteiger partial charge in [0.1, 0.15) is 5.78 Å². The van der Waals surface area contributed by atoms with Crippen molar-refractivity contribution in [2.45, 2.75) is 83.6 Å². The molecular weight excluding hydrogens is 328 g/mol. The fourth-order valence-corrected chi connectivity index (χ4v) is 5.38. The molecule has 1 heterocycles. The summed E-state index contributed by atoms with van der Waals surface area (Å²) < 4.78 is 0. The van der Waals surface area contributed by atoms with Gasteiger partial charge in [-0.05, 0) is 88.6 Å². The van der Waals surface area contributed by atoms with E-state index in [-0.39, 0.29) is 11.3 Å². The van der Waals surface area contributed by atoms with Crippen molar-refractivity contribution in [3.63, 3.8) is 0 Å². The number of rotatable bonds is 6. The molecule has 5 heteroatoms. The van der Waals surface area contributed by atoms with Crippen LogP contribution in [0.2, 0.25) is 0 Å². The summed E-state index contributed by atoms with van der Waals surface area (Å²) in [5.41, 5.74) is 0. The van der Waals surface area contributed by atoms with Gasteiger partial charge in [-0.1, -0.05) is 19.8 Å². The van der Waals surface area contributed by atoms with Crippen molar-refractivity contribution >= 4 is 5.78 Å². The molecule has 0 bridgehead atoms. The summed E-state index contributed by atoms with van der Waals surface area (Å²) in [5, 5.41) is 20.2. The average Bonchev–Trinajstić information content (AvgIpc) is 2.64. The Hall–Kier alpha value is -0.490. The van der Waals surface area contributed by atoms with E-state index in [1.807, 2.05) is 0 Å². The molecule has 0 radical (unpaired) electrons. The quantitative estimate of drug-likeness (QED) is 0.713. The zero-order chi connectivity index (χ0) is 18.5. The van der Waals surface area contributed by atoms with E-state index in [0.29, 0.717) is 24.2 Å². The van der Waals surface area contributed by atoms with Gasteiger partial charge in [0, 0.05) is 12.0 Å². The smallest absolute Gasteiger partial charge is 0.149 e. The van der Waals surface area contributed by atoms with Crippen molar-refractivity contribution in [1.82, 2.24) is 10.1 Å². The molecule has 150 valence electrons. The Bertz CT molecular complexity index is 433. The Morgan fingerprint density at radius 3 is 2.12 bits per heavy atom. The number of hydroxylamine groups is 2. The van der Waals surface area contributed by atoms with E-state index in [2.05, 4.69) is 11.8 Å². The van der Waals surface area contributed by atoms with Crippen LogP contribution in [0.3, 0.4) is 0 Å². The van der Waals surface area contributed by atoms with Gasteiger partial charge in [-0.15, -0.1) is 0 Å². The Balaban J connectivity index is 1.32. The fraction of sp³-hybridized carbons (Fsp3) is 0.952. The molecule has 2 saturated carbocycles. The molecule has 0 amide bonds. The minimum Gasteiger partial charge on any atom is -0.762 e. The minimum absolute atomic E-state index is 0.165. The van der Waals surface area contributed by atoms with E-state index in [1.54, 1.807) is 0 Å². The van der Waals surface area contributed by atoms with Crippen molar-refractivity contribution in [1.29, 1.82) is 0 Å². The lowest BCUT2D eigenvalue weighted by Gasteiger charge is -2.39. The standard InChI is InChI=1S/C21H37N2O3/c1-16-2-6-19(7-3-16)21(24)15-22-12-10-18(11-13-22)14-17-4-8-20(9-5-17)23(25)26/h16-20,25H,2-15H2,1H3/q-1. The summed E-state index contributed by atoms with van der Waals surface area (Å²) in [6, 6.07) is -0.179. The monoisotopic (exact) mass is 365 g/mol. The Labute approximate surface area is 158 Å². The molecule has 1 aliphatic heterocycles. The van der Waals surface area contributed by atoms with Crippen LogP contribution in [0.5, 0.6) is 0 Å². The molecule has 5 nitrogen and oxygen atoms in total. The Morgan fingerprint density at radius 1 is 0.962 bits per heavy atom. The molecule has 0 unspecified atom stereocenters. The van der Waals surface area contributed by atoms with E-state index in [1.165, 1.54) is 32.1 Å². The SMILES string of the molecule is CC1CCC(C(=O)CN2CCC(CC3CCC(N([O-])O)CC3)CC2)CC1. The third kappa shape index (κ3) is 5.75. The normalized spacial score (nSPS) is 34.9. The molecule has 3 rings (SSSR count). The van der Waals surface area contributed by atoms with E-state index in [0.717, 1.165) is 63.5 Å². The maximum Gasteiger partial charge on any atom is 0.149 e. The highest BCUT2D eigenvalue weighted by molar-refractivity contribution is 5.83. The third-order valence-electron chi connectivity index (χ3n) is 7.35. The second kappa shape index (κ2) is 9.63. The molecule has 1 N–H and O–H groups in total. The first kappa shape index (κ1) is 20.2. The summed E-state index contributed by atoms with van der Waals surface area (Å²) in [6.07, 6.45) is 12.1. The van der Waals surface area contributed by atoms with Crippen LogP contribution in [-0.4, -0.2) is 46.8 Å². The van der Waals surface area contributed by atoms with Crippen molar-refractivity contribution in [3.05, 3.63) is 5.21 Å². The molecule has 0 spiro atoms. The summed E-state index contributed by atoms with van der Waals surface area (Å²) in [5.74, 6) is 3.11. The first-order valence-corrected chi connectivity index (χ1v) is 10.9. The zero-order valence-electron chi connectivity index (χ0n) is 16.4. The van der Waals surface area contributed by atoms with Gasteiger partial charge < -0.3 is 10.4 Å². The molecule has 0 atom stereocenters. The van der Waals surface area contributed by atoms with Crippen LogP contribution < -0.4 is 0 Å². The fourth-order valence-electron chi connectivity index (χ4n) is 5.38. The average molecular weight is 366 g/mol. The van der Waals surface area contributed by atoms with Crippen LogP contribution in [0, 0.1) is 28.9 Å². The molecule has 0 aromatic rings. The van der Waals surface area contributed by atoms with Gasteiger partial charge in [0.05, 0.1) is 6.54 Å². The first-order chi connectivity index (χ1) is 12.5. The van der Waals surface area contributed by atoms with E-state index < -0.39 is 0 Å². The Kier molecular flexibility index (Phi) is 7.50.